The van der Waals surface area contributed by atoms with E-state index in [1.54, 1.807) is 43.5 Å². The molecular formula is C19H19ClN4O3. The molecule has 2 aromatic heterocycles. The maximum Gasteiger partial charge on any atom is 0.311 e. The molecule has 0 aliphatic heterocycles. The van der Waals surface area contributed by atoms with Crippen molar-refractivity contribution in [1.29, 1.82) is 0 Å². The zero-order valence-corrected chi connectivity index (χ0v) is 15.7. The Morgan fingerprint density at radius 3 is 2.93 bits per heavy atom. The molecule has 0 bridgehead atoms. The topological polar surface area (TPSA) is 97.0 Å². The third-order valence-corrected chi connectivity index (χ3v) is 4.23. The zero-order valence-electron chi connectivity index (χ0n) is 15.0. The SMILES string of the molecule is CCOC(=O)Cc1ccnc(N[C@@H](C)c2cc3cc(Cl)ccc3[nH]c2=O)n1. The summed E-state index contributed by atoms with van der Waals surface area (Å²) in [6.45, 7) is 3.91. The predicted octanol–water partition coefficient (Wildman–Crippen LogP) is 3.25. The maximum absolute atomic E-state index is 12.4. The normalized spacial score (nSPS) is 12.0. The number of hydrogen-bond acceptors (Lipinski definition) is 6. The number of benzene rings is 1. The molecule has 0 saturated heterocycles. The number of pyridine rings is 1. The minimum Gasteiger partial charge on any atom is -0.466 e. The van der Waals surface area contributed by atoms with Gasteiger partial charge in [-0.15, -0.1) is 0 Å². The van der Waals surface area contributed by atoms with E-state index < -0.39 is 0 Å². The Labute approximate surface area is 160 Å². The highest BCUT2D eigenvalue weighted by molar-refractivity contribution is 6.31. The lowest BCUT2D eigenvalue weighted by atomic mass is 10.1. The van der Waals surface area contributed by atoms with Crippen LogP contribution in [0.1, 0.15) is 31.1 Å². The monoisotopic (exact) mass is 386 g/mol. The van der Waals surface area contributed by atoms with Gasteiger partial charge in [-0.3, -0.25) is 9.59 Å². The summed E-state index contributed by atoms with van der Waals surface area (Å²) in [4.78, 5) is 35.3. The van der Waals surface area contributed by atoms with Gasteiger partial charge in [-0.1, -0.05) is 11.6 Å². The number of carbonyl (C=O) groups is 1. The summed E-state index contributed by atoms with van der Waals surface area (Å²) in [7, 11) is 0. The van der Waals surface area contributed by atoms with Crippen molar-refractivity contribution in [3.63, 3.8) is 0 Å². The summed E-state index contributed by atoms with van der Waals surface area (Å²) in [6, 6.07) is 8.37. The lowest BCUT2D eigenvalue weighted by Gasteiger charge is -2.14. The van der Waals surface area contributed by atoms with E-state index in [2.05, 4.69) is 20.3 Å². The van der Waals surface area contributed by atoms with E-state index in [-0.39, 0.29) is 24.0 Å². The van der Waals surface area contributed by atoms with Gasteiger partial charge >= 0.3 is 5.97 Å². The molecule has 3 rings (SSSR count). The van der Waals surface area contributed by atoms with Gasteiger partial charge in [0.15, 0.2) is 0 Å². The van der Waals surface area contributed by atoms with Gasteiger partial charge in [-0.05, 0) is 44.2 Å². The minimum absolute atomic E-state index is 0.0640. The van der Waals surface area contributed by atoms with Gasteiger partial charge in [0.1, 0.15) is 0 Å². The fourth-order valence-corrected chi connectivity index (χ4v) is 2.89. The van der Waals surface area contributed by atoms with Crippen LogP contribution in [0, 0.1) is 0 Å². The van der Waals surface area contributed by atoms with Crippen molar-refractivity contribution in [2.45, 2.75) is 26.3 Å². The molecule has 0 amide bonds. The second-order valence-corrected chi connectivity index (χ2v) is 6.44. The first-order valence-corrected chi connectivity index (χ1v) is 8.90. The number of nitrogens with zero attached hydrogens (tertiary/aromatic N) is 2. The summed E-state index contributed by atoms with van der Waals surface area (Å²) in [5.74, 6) is -0.0204. The Hall–Kier alpha value is -2.93. The number of esters is 1. The van der Waals surface area contributed by atoms with Crippen LogP contribution >= 0.6 is 11.6 Å². The number of ether oxygens (including phenoxy) is 1. The van der Waals surface area contributed by atoms with Crippen molar-refractivity contribution in [2.75, 3.05) is 11.9 Å². The fraction of sp³-hybridized carbons (Fsp3) is 0.263. The molecule has 0 saturated carbocycles. The molecule has 0 spiro atoms. The molecule has 2 N–H and O–H groups in total. The number of aromatic nitrogens is 3. The number of halogens is 1. The third kappa shape index (κ3) is 4.62. The van der Waals surface area contributed by atoms with Gasteiger partial charge in [-0.2, -0.15) is 0 Å². The smallest absolute Gasteiger partial charge is 0.311 e. The largest absolute Gasteiger partial charge is 0.466 e. The molecule has 0 aliphatic carbocycles. The molecule has 3 aromatic rings. The van der Waals surface area contributed by atoms with E-state index in [4.69, 9.17) is 16.3 Å². The van der Waals surface area contributed by atoms with Crippen LogP contribution in [0.3, 0.4) is 0 Å². The Morgan fingerprint density at radius 1 is 1.33 bits per heavy atom. The van der Waals surface area contributed by atoms with Crippen LogP contribution < -0.4 is 10.9 Å². The predicted molar refractivity (Wildman–Crippen MR) is 104 cm³/mol. The van der Waals surface area contributed by atoms with E-state index in [1.165, 1.54) is 0 Å². The van der Waals surface area contributed by atoms with Crippen LogP contribution in [-0.4, -0.2) is 27.5 Å². The zero-order chi connectivity index (χ0) is 19.4. The summed E-state index contributed by atoms with van der Waals surface area (Å²) >= 11 is 6.04. The minimum atomic E-state index is -0.352. The average Bonchev–Trinajstić information content (AvgIpc) is 2.62. The number of aromatic amines is 1. The van der Waals surface area contributed by atoms with E-state index in [9.17, 15) is 9.59 Å². The van der Waals surface area contributed by atoms with E-state index >= 15 is 0 Å². The van der Waals surface area contributed by atoms with Gasteiger partial charge < -0.3 is 15.0 Å². The van der Waals surface area contributed by atoms with Crippen LogP contribution in [0.25, 0.3) is 10.9 Å². The van der Waals surface area contributed by atoms with E-state index in [0.717, 1.165) is 5.39 Å². The molecule has 0 radical (unpaired) electrons. The fourth-order valence-electron chi connectivity index (χ4n) is 2.71. The Kier molecular flexibility index (Phi) is 5.71. The molecule has 1 aromatic carbocycles. The van der Waals surface area contributed by atoms with Crippen molar-refractivity contribution >= 4 is 34.4 Å². The molecule has 8 heteroatoms. The van der Waals surface area contributed by atoms with Crippen molar-refractivity contribution in [3.05, 3.63) is 63.2 Å². The number of hydrogen-bond donors (Lipinski definition) is 2. The number of rotatable bonds is 6. The number of carbonyl (C=O) groups excluding carboxylic acids is 1. The number of fused-ring (bicyclic) bond motifs is 1. The van der Waals surface area contributed by atoms with Gasteiger partial charge in [0.25, 0.3) is 5.56 Å². The molecule has 0 fully saturated rings. The standard InChI is InChI=1S/C19H19ClN4O3/c1-3-27-17(25)10-14-6-7-21-19(23-14)22-11(2)15-9-12-8-13(20)4-5-16(12)24-18(15)26/h4-9,11H,3,10H2,1-2H3,(H,24,26)(H,21,22,23)/t11-/m0/s1. The second kappa shape index (κ2) is 8.18. The molecule has 2 heterocycles. The third-order valence-electron chi connectivity index (χ3n) is 3.99. The first kappa shape index (κ1) is 18.8. The van der Waals surface area contributed by atoms with Crippen molar-refractivity contribution in [3.8, 4) is 0 Å². The van der Waals surface area contributed by atoms with Crippen molar-refractivity contribution in [2.24, 2.45) is 0 Å². The lowest BCUT2D eigenvalue weighted by molar-refractivity contribution is -0.142. The number of H-pyrrole nitrogens is 1. The summed E-state index contributed by atoms with van der Waals surface area (Å²) in [6.07, 6.45) is 1.62. The molecule has 140 valence electrons. The number of anilines is 1. The van der Waals surface area contributed by atoms with Crippen LogP contribution in [0.4, 0.5) is 5.95 Å². The first-order valence-electron chi connectivity index (χ1n) is 8.53. The van der Waals surface area contributed by atoms with Gasteiger partial charge in [0, 0.05) is 27.7 Å². The van der Waals surface area contributed by atoms with Crippen molar-refractivity contribution < 1.29 is 9.53 Å². The van der Waals surface area contributed by atoms with E-state index in [0.29, 0.717) is 34.4 Å². The Bertz CT molecular complexity index is 1030. The number of nitrogens with one attached hydrogen (secondary N) is 2. The van der Waals surface area contributed by atoms with Crippen LogP contribution in [0.5, 0.6) is 0 Å². The summed E-state index contributed by atoms with van der Waals surface area (Å²) in [5, 5.41) is 4.53. The van der Waals surface area contributed by atoms with Gasteiger partial charge in [0.2, 0.25) is 5.95 Å². The molecule has 7 nitrogen and oxygen atoms in total. The second-order valence-electron chi connectivity index (χ2n) is 6.00. The highest BCUT2D eigenvalue weighted by Gasteiger charge is 2.14. The molecule has 0 unspecified atom stereocenters. The summed E-state index contributed by atoms with van der Waals surface area (Å²) in [5.41, 5.74) is 1.59. The molecule has 27 heavy (non-hydrogen) atoms. The lowest BCUT2D eigenvalue weighted by Crippen LogP contribution is -2.20. The molecule has 1 atom stereocenters. The Morgan fingerprint density at radius 2 is 2.15 bits per heavy atom. The highest BCUT2D eigenvalue weighted by Crippen LogP contribution is 2.21. The van der Waals surface area contributed by atoms with Crippen LogP contribution in [0.15, 0.2) is 41.3 Å². The summed E-state index contributed by atoms with van der Waals surface area (Å²) < 4.78 is 4.93. The quantitative estimate of drug-likeness (QED) is 0.631. The maximum atomic E-state index is 12.4. The van der Waals surface area contributed by atoms with Crippen molar-refractivity contribution in [1.82, 2.24) is 15.0 Å². The van der Waals surface area contributed by atoms with E-state index in [1.807, 2.05) is 6.92 Å². The van der Waals surface area contributed by atoms with Crippen LogP contribution in [-0.2, 0) is 16.0 Å². The highest BCUT2D eigenvalue weighted by atomic mass is 35.5. The van der Waals surface area contributed by atoms with Gasteiger partial charge in [0.05, 0.1) is 24.8 Å². The van der Waals surface area contributed by atoms with Crippen LogP contribution in [0.2, 0.25) is 5.02 Å². The molecule has 0 aliphatic rings. The Balaban J connectivity index is 1.82. The first-order chi connectivity index (χ1) is 13.0. The molecular weight excluding hydrogens is 368 g/mol. The average molecular weight is 387 g/mol. The van der Waals surface area contributed by atoms with Gasteiger partial charge in [-0.25, -0.2) is 9.97 Å².